The summed E-state index contributed by atoms with van der Waals surface area (Å²) in [5.74, 6) is -0.0929. The average Bonchev–Trinajstić information content (AvgIpc) is 2.96. The molecular weight excluding hydrogens is 494 g/mol. The Morgan fingerprint density at radius 1 is 0.625 bits per heavy atom. The SMILES string of the molecule is CC/C=C/CC/C=C/CC/C=C/C(O)C(CO)NC(=O)CCCCCCCCC/C=C\C/C=C\CCCCCC. The number of unbranched alkanes of at least 4 members (excludes halogenated alkanes) is 13. The van der Waals surface area contributed by atoms with Gasteiger partial charge in [-0.05, 0) is 70.6 Å². The summed E-state index contributed by atoms with van der Waals surface area (Å²) in [6.45, 7) is 4.12. The van der Waals surface area contributed by atoms with Gasteiger partial charge in [-0.1, -0.05) is 126 Å². The first-order chi connectivity index (χ1) is 19.7. The molecule has 0 aliphatic heterocycles. The first-order valence-electron chi connectivity index (χ1n) is 16.5. The molecule has 0 aromatic heterocycles. The number of allylic oxidation sites excluding steroid dienone is 9. The maximum Gasteiger partial charge on any atom is 0.220 e. The quantitative estimate of drug-likeness (QED) is 0.0663. The zero-order valence-corrected chi connectivity index (χ0v) is 26.1. The normalized spacial score (nSPS) is 14.0. The van der Waals surface area contributed by atoms with Crippen molar-refractivity contribution in [1.29, 1.82) is 0 Å². The summed E-state index contributed by atoms with van der Waals surface area (Å²) in [6, 6.07) is -0.648. The van der Waals surface area contributed by atoms with Crippen LogP contribution in [0.4, 0.5) is 0 Å². The molecule has 4 heteroatoms. The van der Waals surface area contributed by atoms with Crippen molar-refractivity contribution >= 4 is 5.91 Å². The van der Waals surface area contributed by atoms with Crippen molar-refractivity contribution in [1.82, 2.24) is 5.32 Å². The molecule has 2 atom stereocenters. The van der Waals surface area contributed by atoms with Gasteiger partial charge in [-0.15, -0.1) is 0 Å². The van der Waals surface area contributed by atoms with E-state index in [0.717, 1.165) is 57.8 Å². The van der Waals surface area contributed by atoms with Crippen molar-refractivity contribution in [3.63, 3.8) is 0 Å². The number of carbonyl (C=O) groups excluding carboxylic acids is 1. The van der Waals surface area contributed by atoms with Crippen LogP contribution in [-0.4, -0.2) is 34.9 Å². The van der Waals surface area contributed by atoms with Gasteiger partial charge in [-0.2, -0.15) is 0 Å². The molecule has 0 heterocycles. The van der Waals surface area contributed by atoms with E-state index in [0.29, 0.717) is 6.42 Å². The highest BCUT2D eigenvalue weighted by Gasteiger charge is 2.17. The van der Waals surface area contributed by atoms with Crippen LogP contribution in [0.25, 0.3) is 0 Å². The number of nitrogens with one attached hydrogen (secondary N) is 1. The van der Waals surface area contributed by atoms with Crippen LogP contribution in [0.5, 0.6) is 0 Å². The molecule has 0 radical (unpaired) electrons. The summed E-state index contributed by atoms with van der Waals surface area (Å²) in [5.41, 5.74) is 0. The highest BCUT2D eigenvalue weighted by molar-refractivity contribution is 5.76. The summed E-state index contributed by atoms with van der Waals surface area (Å²) in [5, 5.41) is 22.7. The van der Waals surface area contributed by atoms with E-state index in [4.69, 9.17) is 0 Å². The molecule has 1 amide bonds. The van der Waals surface area contributed by atoms with Crippen molar-refractivity contribution in [3.05, 3.63) is 60.8 Å². The van der Waals surface area contributed by atoms with Crippen LogP contribution < -0.4 is 5.32 Å². The van der Waals surface area contributed by atoms with Crippen molar-refractivity contribution in [2.75, 3.05) is 6.61 Å². The van der Waals surface area contributed by atoms with Crippen LogP contribution in [0.2, 0.25) is 0 Å². The zero-order valence-electron chi connectivity index (χ0n) is 26.1. The van der Waals surface area contributed by atoms with E-state index < -0.39 is 12.1 Å². The topological polar surface area (TPSA) is 69.6 Å². The van der Waals surface area contributed by atoms with Gasteiger partial charge in [-0.3, -0.25) is 4.79 Å². The predicted molar refractivity (Wildman–Crippen MR) is 174 cm³/mol. The molecule has 0 saturated carbocycles. The molecule has 230 valence electrons. The molecule has 2 unspecified atom stereocenters. The first kappa shape index (κ1) is 38.1. The first-order valence-corrected chi connectivity index (χ1v) is 16.5. The Labute approximate surface area is 247 Å². The van der Waals surface area contributed by atoms with Gasteiger partial charge in [0.2, 0.25) is 5.91 Å². The molecule has 0 aliphatic rings. The summed E-state index contributed by atoms with van der Waals surface area (Å²) < 4.78 is 0. The molecule has 0 aromatic carbocycles. The van der Waals surface area contributed by atoms with E-state index in [-0.39, 0.29) is 12.5 Å². The third kappa shape index (κ3) is 27.6. The molecule has 0 rings (SSSR count). The van der Waals surface area contributed by atoms with Crippen molar-refractivity contribution in [2.24, 2.45) is 0 Å². The molecule has 0 aliphatic carbocycles. The Kier molecular flexibility index (Phi) is 30.1. The van der Waals surface area contributed by atoms with Gasteiger partial charge < -0.3 is 15.5 Å². The van der Waals surface area contributed by atoms with Crippen LogP contribution in [0.15, 0.2) is 60.8 Å². The fourth-order valence-corrected chi connectivity index (χ4v) is 4.42. The maximum atomic E-state index is 12.2. The number of aliphatic hydroxyl groups is 2. The maximum absolute atomic E-state index is 12.2. The Morgan fingerprint density at radius 3 is 1.70 bits per heavy atom. The molecule has 3 N–H and O–H groups in total. The minimum Gasteiger partial charge on any atom is -0.394 e. The third-order valence-electron chi connectivity index (χ3n) is 6.96. The lowest BCUT2D eigenvalue weighted by atomic mass is 10.1. The Hall–Kier alpha value is -1.91. The van der Waals surface area contributed by atoms with Gasteiger partial charge in [0.1, 0.15) is 0 Å². The number of rotatable bonds is 28. The minimum absolute atomic E-state index is 0.0929. The van der Waals surface area contributed by atoms with Crippen molar-refractivity contribution in [3.8, 4) is 0 Å². The molecule has 0 fully saturated rings. The van der Waals surface area contributed by atoms with Gasteiger partial charge in [0.15, 0.2) is 0 Å². The summed E-state index contributed by atoms with van der Waals surface area (Å²) in [7, 11) is 0. The zero-order chi connectivity index (χ0) is 29.4. The second kappa shape index (κ2) is 31.6. The van der Waals surface area contributed by atoms with E-state index in [2.05, 4.69) is 67.8 Å². The second-order valence-corrected chi connectivity index (χ2v) is 10.8. The summed E-state index contributed by atoms with van der Waals surface area (Å²) in [4.78, 5) is 12.2. The van der Waals surface area contributed by atoms with Gasteiger partial charge in [0.25, 0.3) is 0 Å². The van der Waals surface area contributed by atoms with Crippen LogP contribution >= 0.6 is 0 Å². The van der Waals surface area contributed by atoms with Gasteiger partial charge in [0.05, 0.1) is 18.8 Å². The second-order valence-electron chi connectivity index (χ2n) is 10.8. The van der Waals surface area contributed by atoms with E-state index in [1.807, 2.05) is 6.08 Å². The monoisotopic (exact) mass is 557 g/mol. The number of aliphatic hydroxyl groups excluding tert-OH is 2. The molecule has 0 saturated heterocycles. The number of carbonyl (C=O) groups is 1. The lowest BCUT2D eigenvalue weighted by molar-refractivity contribution is -0.123. The van der Waals surface area contributed by atoms with E-state index in [1.54, 1.807) is 6.08 Å². The van der Waals surface area contributed by atoms with E-state index in [9.17, 15) is 15.0 Å². The van der Waals surface area contributed by atoms with E-state index >= 15 is 0 Å². The smallest absolute Gasteiger partial charge is 0.220 e. The highest BCUT2D eigenvalue weighted by Crippen LogP contribution is 2.11. The molecular formula is C36H63NO3. The van der Waals surface area contributed by atoms with Gasteiger partial charge in [-0.25, -0.2) is 0 Å². The van der Waals surface area contributed by atoms with Gasteiger partial charge in [0, 0.05) is 6.42 Å². The van der Waals surface area contributed by atoms with Crippen LogP contribution in [0.1, 0.15) is 142 Å². The molecule has 4 nitrogen and oxygen atoms in total. The van der Waals surface area contributed by atoms with E-state index in [1.165, 1.54) is 64.2 Å². The highest BCUT2D eigenvalue weighted by atomic mass is 16.3. The van der Waals surface area contributed by atoms with Gasteiger partial charge >= 0.3 is 0 Å². The summed E-state index contributed by atoms with van der Waals surface area (Å²) in [6.07, 6.45) is 43.0. The number of hydrogen-bond acceptors (Lipinski definition) is 3. The molecule has 0 spiro atoms. The van der Waals surface area contributed by atoms with Crippen LogP contribution in [0, 0.1) is 0 Å². The predicted octanol–water partition coefficient (Wildman–Crippen LogP) is 9.45. The fourth-order valence-electron chi connectivity index (χ4n) is 4.42. The Morgan fingerprint density at radius 2 is 1.12 bits per heavy atom. The largest absolute Gasteiger partial charge is 0.394 e. The summed E-state index contributed by atoms with van der Waals surface area (Å²) >= 11 is 0. The fraction of sp³-hybridized carbons (Fsp3) is 0.694. The Balaban J connectivity index is 3.71. The van der Waals surface area contributed by atoms with Crippen LogP contribution in [-0.2, 0) is 4.79 Å². The Bertz CT molecular complexity index is 692. The third-order valence-corrected chi connectivity index (χ3v) is 6.96. The molecule has 0 bridgehead atoms. The average molecular weight is 558 g/mol. The minimum atomic E-state index is -0.872. The number of amides is 1. The van der Waals surface area contributed by atoms with Crippen molar-refractivity contribution in [2.45, 2.75) is 154 Å². The van der Waals surface area contributed by atoms with Crippen LogP contribution in [0.3, 0.4) is 0 Å². The molecule has 40 heavy (non-hydrogen) atoms. The van der Waals surface area contributed by atoms with Crippen molar-refractivity contribution < 1.29 is 15.0 Å². The lowest BCUT2D eigenvalue weighted by Gasteiger charge is -2.19. The lowest BCUT2D eigenvalue weighted by Crippen LogP contribution is -2.45. The molecule has 0 aromatic rings. The number of hydrogen-bond donors (Lipinski definition) is 3. The standard InChI is InChI=1S/C36H63NO3/c1-3-5-7-9-11-13-15-16-17-18-19-20-21-22-24-26-28-30-32-36(40)37-34(33-38)35(39)31-29-27-25-23-14-12-10-8-6-4-2/h6,8,13-15,17-18,23,29,31,34-35,38-39H,3-5,7,9-12,16,19-22,24-28,30,32-33H2,1-2H3,(H,37,40)/b8-6+,15-13-,18-17-,23-14+,31-29+.